The summed E-state index contributed by atoms with van der Waals surface area (Å²) in [6.07, 6.45) is 8.41. The topological polar surface area (TPSA) is 48.5 Å². The predicted molar refractivity (Wildman–Crippen MR) is 117 cm³/mol. The van der Waals surface area contributed by atoms with Crippen molar-refractivity contribution in [3.63, 3.8) is 0 Å². The molecule has 5 nitrogen and oxygen atoms in total. The Balaban J connectivity index is 1.39. The van der Waals surface area contributed by atoms with E-state index in [1.54, 1.807) is 0 Å². The molecular weight excluding hydrogens is 368 g/mol. The second-order valence-electron chi connectivity index (χ2n) is 8.41. The third kappa shape index (κ3) is 6.75. The molecule has 0 saturated carbocycles. The summed E-state index contributed by atoms with van der Waals surface area (Å²) in [5.74, 6) is 1.45. The van der Waals surface area contributed by atoms with Crippen LogP contribution in [0.2, 0.25) is 0 Å². The maximum atomic E-state index is 12.6. The van der Waals surface area contributed by atoms with Gasteiger partial charge in [-0.15, -0.1) is 0 Å². The molecule has 3 rings (SSSR count). The van der Waals surface area contributed by atoms with E-state index in [0.717, 1.165) is 57.9 Å². The van der Waals surface area contributed by atoms with Gasteiger partial charge in [-0.2, -0.15) is 11.8 Å². The van der Waals surface area contributed by atoms with Crippen LogP contribution >= 0.6 is 11.8 Å². The van der Waals surface area contributed by atoms with E-state index in [0.29, 0.717) is 11.3 Å². The Labute approximate surface area is 174 Å². The number of piperidine rings is 2. The van der Waals surface area contributed by atoms with Crippen molar-refractivity contribution in [2.24, 2.45) is 5.92 Å². The fourth-order valence-corrected chi connectivity index (χ4v) is 5.05. The molecule has 6 heteroatoms. The lowest BCUT2D eigenvalue weighted by atomic mass is 9.93. The molecule has 156 valence electrons. The third-order valence-corrected chi connectivity index (χ3v) is 6.99. The van der Waals surface area contributed by atoms with E-state index in [1.807, 2.05) is 30.2 Å². The molecule has 2 aliphatic heterocycles. The van der Waals surface area contributed by atoms with Crippen LogP contribution in [0.25, 0.3) is 0 Å². The first-order valence-electron chi connectivity index (χ1n) is 10.9. The lowest BCUT2D eigenvalue weighted by Gasteiger charge is -2.42. The Hall–Kier alpha value is -1.11. The zero-order valence-corrected chi connectivity index (χ0v) is 18.3. The molecule has 0 unspecified atom stereocenters. The number of aromatic nitrogens is 1. The number of pyridine rings is 1. The molecule has 0 spiro atoms. The molecule has 1 N–H and O–H groups in total. The minimum Gasteiger partial charge on any atom is -0.355 e. The summed E-state index contributed by atoms with van der Waals surface area (Å²) >= 11 is 1.91. The summed E-state index contributed by atoms with van der Waals surface area (Å²) in [6.45, 7) is 10.6. The van der Waals surface area contributed by atoms with Crippen molar-refractivity contribution in [1.29, 1.82) is 0 Å². The molecule has 1 amide bonds. The van der Waals surface area contributed by atoms with Crippen LogP contribution in [0.5, 0.6) is 0 Å². The minimum atomic E-state index is 0.172. The smallest absolute Gasteiger partial charge is 0.224 e. The summed E-state index contributed by atoms with van der Waals surface area (Å²) in [7, 11) is 0. The zero-order valence-electron chi connectivity index (χ0n) is 17.5. The van der Waals surface area contributed by atoms with Crippen LogP contribution in [0.4, 0.5) is 0 Å². The normalized spacial score (nSPS) is 22.5. The molecule has 2 aliphatic rings. The van der Waals surface area contributed by atoms with Crippen molar-refractivity contribution in [2.45, 2.75) is 57.4 Å². The largest absolute Gasteiger partial charge is 0.355 e. The number of rotatable bonds is 8. The highest BCUT2D eigenvalue weighted by Crippen LogP contribution is 2.24. The first-order valence-corrected chi connectivity index (χ1v) is 11.9. The second-order valence-corrected chi connectivity index (χ2v) is 10.1. The highest BCUT2D eigenvalue weighted by atomic mass is 32.2. The Morgan fingerprint density at radius 1 is 1.29 bits per heavy atom. The maximum Gasteiger partial charge on any atom is 0.224 e. The molecule has 2 fully saturated rings. The number of amides is 1. The van der Waals surface area contributed by atoms with Gasteiger partial charge in [-0.25, -0.2) is 0 Å². The van der Waals surface area contributed by atoms with Gasteiger partial charge in [0.25, 0.3) is 0 Å². The van der Waals surface area contributed by atoms with Gasteiger partial charge in [-0.05, 0) is 62.2 Å². The number of nitrogens with one attached hydrogen (secondary N) is 1. The van der Waals surface area contributed by atoms with Crippen molar-refractivity contribution in [3.05, 3.63) is 30.1 Å². The van der Waals surface area contributed by atoms with E-state index in [4.69, 9.17) is 0 Å². The molecule has 2 saturated heterocycles. The SMILES string of the molecule is CC(C)SCCNC(=O)[C@@H]1CCCN(C2CCN(Cc3cccnc3)CC2)C1. The van der Waals surface area contributed by atoms with E-state index in [9.17, 15) is 4.79 Å². The second kappa shape index (κ2) is 11.2. The van der Waals surface area contributed by atoms with Gasteiger partial charge < -0.3 is 5.32 Å². The number of likely N-dealkylation sites (tertiary alicyclic amines) is 2. The molecule has 0 aliphatic carbocycles. The summed E-state index contributed by atoms with van der Waals surface area (Å²) in [4.78, 5) is 21.9. The molecule has 1 aromatic heterocycles. The number of hydrogen-bond acceptors (Lipinski definition) is 5. The first-order chi connectivity index (χ1) is 13.6. The highest BCUT2D eigenvalue weighted by molar-refractivity contribution is 7.99. The molecule has 28 heavy (non-hydrogen) atoms. The van der Waals surface area contributed by atoms with Gasteiger partial charge in [0.2, 0.25) is 5.91 Å². The lowest BCUT2D eigenvalue weighted by Crippen LogP contribution is -2.50. The Morgan fingerprint density at radius 2 is 2.11 bits per heavy atom. The average Bonchev–Trinajstić information content (AvgIpc) is 2.72. The van der Waals surface area contributed by atoms with E-state index in [1.165, 1.54) is 18.4 Å². The van der Waals surface area contributed by atoms with Crippen LogP contribution in [-0.4, -0.2) is 70.5 Å². The van der Waals surface area contributed by atoms with Crippen molar-refractivity contribution in [3.8, 4) is 0 Å². The Kier molecular flexibility index (Phi) is 8.62. The number of thioether (sulfide) groups is 1. The van der Waals surface area contributed by atoms with Crippen molar-refractivity contribution < 1.29 is 4.79 Å². The van der Waals surface area contributed by atoms with Crippen LogP contribution in [0.15, 0.2) is 24.5 Å². The number of carbonyl (C=O) groups excluding carboxylic acids is 1. The van der Waals surface area contributed by atoms with E-state index >= 15 is 0 Å². The van der Waals surface area contributed by atoms with Crippen LogP contribution in [-0.2, 0) is 11.3 Å². The zero-order chi connectivity index (χ0) is 19.8. The van der Waals surface area contributed by atoms with Gasteiger partial charge in [0.15, 0.2) is 0 Å². The van der Waals surface area contributed by atoms with Gasteiger partial charge >= 0.3 is 0 Å². The Bertz CT molecular complexity index is 589. The maximum absolute atomic E-state index is 12.6. The van der Waals surface area contributed by atoms with E-state index in [-0.39, 0.29) is 11.8 Å². The van der Waals surface area contributed by atoms with Crippen LogP contribution in [0.3, 0.4) is 0 Å². The molecule has 1 aromatic rings. The fraction of sp³-hybridized carbons (Fsp3) is 0.727. The summed E-state index contributed by atoms with van der Waals surface area (Å²) in [5, 5.41) is 3.80. The van der Waals surface area contributed by atoms with Crippen molar-refractivity contribution in [1.82, 2.24) is 20.1 Å². The Morgan fingerprint density at radius 3 is 2.82 bits per heavy atom. The molecule has 1 atom stereocenters. The van der Waals surface area contributed by atoms with Gasteiger partial charge in [0.1, 0.15) is 0 Å². The average molecular weight is 405 g/mol. The van der Waals surface area contributed by atoms with Gasteiger partial charge in [-0.3, -0.25) is 19.6 Å². The van der Waals surface area contributed by atoms with Crippen molar-refractivity contribution in [2.75, 3.05) is 38.5 Å². The van der Waals surface area contributed by atoms with Crippen molar-refractivity contribution >= 4 is 17.7 Å². The van der Waals surface area contributed by atoms with Crippen LogP contribution in [0, 0.1) is 5.92 Å². The number of carbonyl (C=O) groups is 1. The van der Waals surface area contributed by atoms with Crippen LogP contribution < -0.4 is 5.32 Å². The van der Waals surface area contributed by atoms with Gasteiger partial charge in [0, 0.05) is 43.8 Å². The van der Waals surface area contributed by atoms with Crippen LogP contribution in [0.1, 0.15) is 45.1 Å². The third-order valence-electron chi connectivity index (χ3n) is 5.88. The van der Waals surface area contributed by atoms with Gasteiger partial charge in [-0.1, -0.05) is 19.9 Å². The summed E-state index contributed by atoms with van der Waals surface area (Å²) < 4.78 is 0. The fourth-order valence-electron chi connectivity index (χ4n) is 4.36. The van der Waals surface area contributed by atoms with Gasteiger partial charge in [0.05, 0.1) is 5.92 Å². The molecule has 0 aromatic carbocycles. The highest BCUT2D eigenvalue weighted by Gasteiger charge is 2.31. The lowest BCUT2D eigenvalue weighted by molar-refractivity contribution is -0.127. The number of hydrogen-bond donors (Lipinski definition) is 1. The summed E-state index contributed by atoms with van der Waals surface area (Å²) in [5.41, 5.74) is 1.30. The van der Waals surface area contributed by atoms with E-state index in [2.05, 4.69) is 40.0 Å². The predicted octanol–water partition coefficient (Wildman–Crippen LogP) is 3.02. The summed E-state index contributed by atoms with van der Waals surface area (Å²) in [6, 6.07) is 4.81. The molecule has 3 heterocycles. The first kappa shape index (κ1) is 21.6. The monoisotopic (exact) mass is 404 g/mol. The molecule has 0 bridgehead atoms. The quantitative estimate of drug-likeness (QED) is 0.675. The molecular formula is C22H36N4OS. The number of nitrogens with zero attached hydrogens (tertiary/aromatic N) is 3. The van der Waals surface area contributed by atoms with E-state index < -0.39 is 0 Å². The minimum absolute atomic E-state index is 0.172. The molecule has 0 radical (unpaired) electrons. The standard InChI is InChI=1S/C22H36N4OS/c1-18(2)28-14-10-24-22(27)20-6-4-11-26(17-20)21-7-12-25(13-8-21)16-19-5-3-9-23-15-19/h3,5,9,15,18,20-21H,4,6-8,10-14,16-17H2,1-2H3,(H,24,27)/t20-/m1/s1.